The molecule has 192 valence electrons. The van der Waals surface area contributed by atoms with Crippen molar-refractivity contribution in [3.63, 3.8) is 0 Å². The van der Waals surface area contributed by atoms with Gasteiger partial charge in [-0.1, -0.05) is 12.1 Å². The minimum Gasteiger partial charge on any atom is -0.493 e. The van der Waals surface area contributed by atoms with Crippen molar-refractivity contribution in [2.24, 2.45) is 0 Å². The van der Waals surface area contributed by atoms with Crippen LogP contribution >= 0.6 is 0 Å². The molecule has 0 radical (unpaired) electrons. The predicted octanol–water partition coefficient (Wildman–Crippen LogP) is 6.86. The van der Waals surface area contributed by atoms with E-state index in [0.29, 0.717) is 39.3 Å². The first-order valence-electron chi connectivity index (χ1n) is 11.3. The molecule has 0 bridgehead atoms. The molecule has 7 nitrogen and oxygen atoms in total. The maximum Gasteiger partial charge on any atom is 0.416 e. The van der Waals surface area contributed by atoms with Gasteiger partial charge in [0.05, 0.1) is 25.3 Å². The highest BCUT2D eigenvalue weighted by molar-refractivity contribution is 6.06. The second kappa shape index (κ2) is 9.89. The van der Waals surface area contributed by atoms with Crippen molar-refractivity contribution in [3.05, 3.63) is 90.3 Å². The number of pyridine rings is 2. The Kier molecular flexibility index (Phi) is 6.46. The Hall–Kier alpha value is -4.86. The minimum absolute atomic E-state index is 0.196. The summed E-state index contributed by atoms with van der Waals surface area (Å²) in [6, 6.07) is 17.2. The van der Waals surface area contributed by atoms with Gasteiger partial charge < -0.3 is 19.5 Å². The van der Waals surface area contributed by atoms with Gasteiger partial charge in [0.15, 0.2) is 11.5 Å². The van der Waals surface area contributed by atoms with Crippen LogP contribution in [0.25, 0.3) is 21.7 Å². The van der Waals surface area contributed by atoms with E-state index in [9.17, 15) is 18.0 Å². The lowest BCUT2D eigenvalue weighted by molar-refractivity contribution is -0.137. The zero-order chi connectivity index (χ0) is 26.9. The number of hydrogen-bond acceptors (Lipinski definition) is 6. The number of aromatic nitrogens is 2. The third-order valence-electron chi connectivity index (χ3n) is 5.84. The summed E-state index contributed by atoms with van der Waals surface area (Å²) in [4.78, 5) is 21.0. The molecule has 0 fully saturated rings. The van der Waals surface area contributed by atoms with Crippen molar-refractivity contribution in [2.75, 3.05) is 19.5 Å². The second-order valence-electron chi connectivity index (χ2n) is 8.24. The molecule has 0 aliphatic carbocycles. The number of carbonyl (C=O) groups is 1. The molecule has 5 rings (SSSR count). The number of amides is 1. The molecule has 1 N–H and O–H groups in total. The van der Waals surface area contributed by atoms with Crippen LogP contribution in [-0.4, -0.2) is 30.1 Å². The Bertz CT molecular complexity index is 1670. The summed E-state index contributed by atoms with van der Waals surface area (Å²) >= 11 is 0. The second-order valence-corrected chi connectivity index (χ2v) is 8.24. The van der Waals surface area contributed by atoms with Gasteiger partial charge in [0.25, 0.3) is 5.91 Å². The van der Waals surface area contributed by atoms with E-state index in [1.807, 2.05) is 6.07 Å². The number of methoxy groups -OCH3 is 2. The van der Waals surface area contributed by atoms with Crippen LogP contribution in [0, 0.1) is 0 Å². The molecular weight excluding hydrogens is 499 g/mol. The highest BCUT2D eigenvalue weighted by atomic mass is 19.4. The first kappa shape index (κ1) is 24.8. The van der Waals surface area contributed by atoms with E-state index in [1.165, 1.54) is 0 Å². The van der Waals surface area contributed by atoms with Gasteiger partial charge in [-0.2, -0.15) is 13.2 Å². The number of nitrogens with one attached hydrogen (secondary N) is 1. The van der Waals surface area contributed by atoms with Crippen molar-refractivity contribution >= 4 is 33.4 Å². The monoisotopic (exact) mass is 519 g/mol. The minimum atomic E-state index is -4.54. The first-order chi connectivity index (χ1) is 18.2. The average molecular weight is 519 g/mol. The van der Waals surface area contributed by atoms with Gasteiger partial charge in [0.1, 0.15) is 17.3 Å². The molecule has 0 spiro atoms. The molecule has 5 aromatic rings. The Morgan fingerprint density at radius 3 is 2.29 bits per heavy atom. The average Bonchev–Trinajstić information content (AvgIpc) is 2.91. The number of halogens is 3. The third kappa shape index (κ3) is 5.01. The zero-order valence-corrected chi connectivity index (χ0v) is 20.2. The van der Waals surface area contributed by atoms with Gasteiger partial charge in [-0.25, -0.2) is 4.98 Å². The van der Waals surface area contributed by atoms with Gasteiger partial charge in [0, 0.05) is 29.4 Å². The molecular formula is C28H20F3N3O4. The van der Waals surface area contributed by atoms with Crippen LogP contribution in [0.2, 0.25) is 0 Å². The molecule has 0 unspecified atom stereocenters. The van der Waals surface area contributed by atoms with Crippen LogP contribution in [0.15, 0.2) is 79.1 Å². The Morgan fingerprint density at radius 2 is 1.53 bits per heavy atom. The molecule has 0 aliphatic heterocycles. The van der Waals surface area contributed by atoms with Crippen LogP contribution in [0.5, 0.6) is 23.0 Å². The lowest BCUT2D eigenvalue weighted by Gasteiger charge is -2.13. The number of carbonyl (C=O) groups excluding carboxylic acids is 1. The van der Waals surface area contributed by atoms with Crippen molar-refractivity contribution in [3.8, 4) is 23.0 Å². The summed E-state index contributed by atoms with van der Waals surface area (Å²) in [5.41, 5.74) is 0.00551. The number of anilines is 1. The largest absolute Gasteiger partial charge is 0.493 e. The van der Waals surface area contributed by atoms with Crippen LogP contribution in [0.3, 0.4) is 0 Å². The first-order valence-corrected chi connectivity index (χ1v) is 11.3. The zero-order valence-electron chi connectivity index (χ0n) is 20.2. The molecule has 0 saturated carbocycles. The Balaban J connectivity index is 1.43. The number of rotatable bonds is 6. The number of fused-ring (bicyclic) bond motifs is 2. The topological polar surface area (TPSA) is 82.6 Å². The van der Waals surface area contributed by atoms with E-state index >= 15 is 0 Å². The molecule has 0 atom stereocenters. The Morgan fingerprint density at radius 1 is 0.789 bits per heavy atom. The summed E-state index contributed by atoms with van der Waals surface area (Å²) in [5.74, 6) is 1.34. The number of ether oxygens (including phenoxy) is 3. The van der Waals surface area contributed by atoms with Gasteiger partial charge in [0.2, 0.25) is 0 Å². The SMILES string of the molecule is COc1cc2nccc(Oc3ccc4ccc(C(=O)Nc5cc(C(F)(F)F)ccn5)cc4c3)c2cc1OC. The molecule has 0 aliphatic rings. The van der Waals surface area contributed by atoms with Crippen LogP contribution in [0.1, 0.15) is 15.9 Å². The number of benzene rings is 3. The number of nitrogens with zero attached hydrogens (tertiary/aromatic N) is 2. The van der Waals surface area contributed by atoms with Crippen molar-refractivity contribution in [1.82, 2.24) is 9.97 Å². The van der Waals surface area contributed by atoms with Crippen molar-refractivity contribution < 1.29 is 32.2 Å². The molecule has 0 saturated heterocycles. The maximum absolute atomic E-state index is 13.0. The fraction of sp³-hybridized carbons (Fsp3) is 0.107. The van der Waals surface area contributed by atoms with E-state index in [0.717, 1.165) is 23.7 Å². The summed E-state index contributed by atoms with van der Waals surface area (Å²) in [5, 5.41) is 4.68. The van der Waals surface area contributed by atoms with Crippen molar-refractivity contribution in [1.29, 1.82) is 0 Å². The molecule has 38 heavy (non-hydrogen) atoms. The smallest absolute Gasteiger partial charge is 0.416 e. The molecule has 2 heterocycles. The van der Waals surface area contributed by atoms with Gasteiger partial charge in [-0.15, -0.1) is 0 Å². The number of hydrogen-bond donors (Lipinski definition) is 1. The van der Waals surface area contributed by atoms with Gasteiger partial charge in [-0.05, 0) is 59.3 Å². The fourth-order valence-electron chi connectivity index (χ4n) is 3.96. The van der Waals surface area contributed by atoms with Crippen molar-refractivity contribution in [2.45, 2.75) is 6.18 Å². The van der Waals surface area contributed by atoms with Gasteiger partial charge >= 0.3 is 6.18 Å². The molecule has 10 heteroatoms. The normalized spacial score (nSPS) is 11.4. The third-order valence-corrected chi connectivity index (χ3v) is 5.84. The van der Waals surface area contributed by atoms with E-state index in [1.54, 1.807) is 68.9 Å². The van der Waals surface area contributed by atoms with E-state index < -0.39 is 17.6 Å². The summed E-state index contributed by atoms with van der Waals surface area (Å²) in [6.45, 7) is 0. The summed E-state index contributed by atoms with van der Waals surface area (Å²) < 4.78 is 55.9. The maximum atomic E-state index is 13.0. The summed E-state index contributed by atoms with van der Waals surface area (Å²) in [7, 11) is 3.09. The van der Waals surface area contributed by atoms with Crippen LogP contribution in [0.4, 0.5) is 19.0 Å². The fourth-order valence-corrected chi connectivity index (χ4v) is 3.96. The Labute approximate surface area is 214 Å². The lowest BCUT2D eigenvalue weighted by atomic mass is 10.1. The van der Waals surface area contributed by atoms with E-state index in [2.05, 4.69) is 15.3 Å². The quantitative estimate of drug-likeness (QED) is 0.264. The standard InChI is InChI=1S/C28H20F3N3O4/c1-36-24-14-21-22(15-25(24)37-2)32-10-8-23(21)38-20-6-5-16-3-4-17(11-18(16)12-20)27(35)34-26-13-19(7-9-33-26)28(29,30)31/h3-15H,1-2H3,(H,33,34,35). The van der Waals surface area contributed by atoms with E-state index in [-0.39, 0.29) is 11.4 Å². The highest BCUT2D eigenvalue weighted by Gasteiger charge is 2.30. The van der Waals surface area contributed by atoms with Crippen LogP contribution in [-0.2, 0) is 6.18 Å². The molecule has 2 aromatic heterocycles. The van der Waals surface area contributed by atoms with Crippen LogP contribution < -0.4 is 19.5 Å². The lowest BCUT2D eigenvalue weighted by Crippen LogP contribution is -2.14. The molecule has 3 aromatic carbocycles. The summed E-state index contributed by atoms with van der Waals surface area (Å²) in [6.07, 6.45) is -1.93. The van der Waals surface area contributed by atoms with E-state index in [4.69, 9.17) is 14.2 Å². The highest BCUT2D eigenvalue weighted by Crippen LogP contribution is 2.37. The van der Waals surface area contributed by atoms with Gasteiger partial charge in [-0.3, -0.25) is 9.78 Å². The number of alkyl halides is 3. The molecule has 1 amide bonds. The predicted molar refractivity (Wildman–Crippen MR) is 136 cm³/mol.